The van der Waals surface area contributed by atoms with Gasteiger partial charge in [0.1, 0.15) is 0 Å². The monoisotopic (exact) mass is 236 g/mol. The summed E-state index contributed by atoms with van der Waals surface area (Å²) in [5, 5.41) is 0.836. The Labute approximate surface area is 106 Å². The smallest absolute Gasteiger partial charge is 0.171 e. The van der Waals surface area contributed by atoms with E-state index in [0.29, 0.717) is 12.1 Å². The Morgan fingerprint density at radius 1 is 1.25 bits per heavy atom. The van der Waals surface area contributed by atoms with Crippen LogP contribution in [0.1, 0.15) is 39.0 Å². The lowest BCUT2D eigenvalue weighted by Gasteiger charge is -2.41. The van der Waals surface area contributed by atoms with Gasteiger partial charge in [-0.2, -0.15) is 0 Å². The molecule has 2 rings (SSSR count). The van der Waals surface area contributed by atoms with Crippen LogP contribution in [0.5, 0.6) is 0 Å². The Bertz CT molecular complexity index is 293. The minimum Gasteiger partial charge on any atom is -0.347 e. The highest BCUT2D eigenvalue weighted by atomic mass is 32.1. The second kappa shape index (κ2) is 4.21. The van der Waals surface area contributed by atoms with Gasteiger partial charge in [-0.05, 0) is 24.0 Å². The number of likely N-dealkylation sites (N-methyl/N-ethyl adjacent to an activating group) is 2. The molecule has 1 saturated carbocycles. The molecule has 0 spiro atoms. The molecule has 88 valence electrons. The summed E-state index contributed by atoms with van der Waals surface area (Å²) in [4.78, 5) is 4.46. The normalized spacial score (nSPS) is 40.6. The van der Waals surface area contributed by atoms with Crippen LogP contribution in [-0.4, -0.2) is 48.9 Å². The van der Waals surface area contributed by atoms with E-state index in [2.05, 4.69) is 30.8 Å². The molecule has 0 aromatic rings. The molecular formula is C12H21BN2S. The van der Waals surface area contributed by atoms with E-state index in [0.717, 1.165) is 11.5 Å². The van der Waals surface area contributed by atoms with Crippen molar-refractivity contribution >= 4 is 25.2 Å². The summed E-state index contributed by atoms with van der Waals surface area (Å²) < 4.78 is 0. The minimum absolute atomic E-state index is 0.116. The molecule has 0 N–H and O–H groups in total. The first-order chi connectivity index (χ1) is 7.45. The Kier molecular flexibility index (Phi) is 3.21. The number of fused-ring (bicyclic) bond motifs is 1. The fourth-order valence-corrected chi connectivity index (χ4v) is 3.65. The van der Waals surface area contributed by atoms with Crippen LogP contribution in [0, 0.1) is 0 Å². The van der Waals surface area contributed by atoms with E-state index in [1.54, 1.807) is 0 Å². The highest BCUT2D eigenvalue weighted by Gasteiger charge is 2.46. The van der Waals surface area contributed by atoms with Crippen molar-refractivity contribution in [1.82, 2.24) is 9.80 Å². The lowest BCUT2D eigenvalue weighted by Crippen LogP contribution is -2.44. The SMILES string of the molecule is [B]C1(C)CCCCCC2C1N(C)C(=S)N2C. The van der Waals surface area contributed by atoms with Gasteiger partial charge >= 0.3 is 0 Å². The molecule has 2 radical (unpaired) electrons. The largest absolute Gasteiger partial charge is 0.347 e. The van der Waals surface area contributed by atoms with E-state index in [1.807, 2.05) is 0 Å². The Hall–Kier alpha value is -0.245. The number of nitrogens with zero attached hydrogens (tertiary/aromatic N) is 2. The van der Waals surface area contributed by atoms with Crippen LogP contribution >= 0.6 is 12.2 Å². The van der Waals surface area contributed by atoms with Crippen LogP contribution in [0.2, 0.25) is 5.31 Å². The van der Waals surface area contributed by atoms with Crippen molar-refractivity contribution in [3.8, 4) is 0 Å². The van der Waals surface area contributed by atoms with Crippen molar-refractivity contribution in [3.63, 3.8) is 0 Å². The van der Waals surface area contributed by atoms with E-state index in [-0.39, 0.29) is 5.31 Å². The molecule has 0 aromatic carbocycles. The topological polar surface area (TPSA) is 6.48 Å². The lowest BCUT2D eigenvalue weighted by atomic mass is 9.59. The van der Waals surface area contributed by atoms with Crippen molar-refractivity contribution in [1.29, 1.82) is 0 Å². The van der Waals surface area contributed by atoms with E-state index in [4.69, 9.17) is 20.1 Å². The average molecular weight is 236 g/mol. The summed E-state index contributed by atoms with van der Waals surface area (Å²) in [6, 6.07) is 0.887. The molecule has 2 fully saturated rings. The molecule has 0 amide bonds. The third kappa shape index (κ3) is 1.85. The van der Waals surface area contributed by atoms with Gasteiger partial charge in [-0.15, -0.1) is 0 Å². The summed E-state index contributed by atoms with van der Waals surface area (Å²) in [5.41, 5.74) is 0. The number of rotatable bonds is 0. The maximum atomic E-state index is 6.52. The summed E-state index contributed by atoms with van der Waals surface area (Å²) in [7, 11) is 10.7. The van der Waals surface area contributed by atoms with Crippen LogP contribution in [0.15, 0.2) is 0 Å². The van der Waals surface area contributed by atoms with E-state index in [1.165, 1.54) is 25.7 Å². The molecule has 3 unspecified atom stereocenters. The van der Waals surface area contributed by atoms with Gasteiger partial charge in [0.2, 0.25) is 0 Å². The third-order valence-corrected chi connectivity index (χ3v) is 4.85. The summed E-state index contributed by atoms with van der Waals surface area (Å²) in [6.45, 7) is 2.19. The zero-order chi connectivity index (χ0) is 11.9. The van der Waals surface area contributed by atoms with Gasteiger partial charge in [-0.1, -0.05) is 32.6 Å². The summed E-state index contributed by atoms with van der Waals surface area (Å²) >= 11 is 5.47. The zero-order valence-corrected chi connectivity index (χ0v) is 11.4. The quantitative estimate of drug-likeness (QED) is 0.470. The predicted molar refractivity (Wildman–Crippen MR) is 72.9 cm³/mol. The van der Waals surface area contributed by atoms with Gasteiger partial charge in [0.05, 0.1) is 13.9 Å². The van der Waals surface area contributed by atoms with Crippen LogP contribution in [0.3, 0.4) is 0 Å². The van der Waals surface area contributed by atoms with Gasteiger partial charge in [0.25, 0.3) is 0 Å². The number of hydrogen-bond acceptors (Lipinski definition) is 1. The van der Waals surface area contributed by atoms with Crippen molar-refractivity contribution in [2.24, 2.45) is 0 Å². The molecule has 4 heteroatoms. The number of hydrogen-bond donors (Lipinski definition) is 0. The van der Waals surface area contributed by atoms with Crippen molar-refractivity contribution in [2.75, 3.05) is 14.1 Å². The van der Waals surface area contributed by atoms with Gasteiger partial charge in [-0.25, -0.2) is 0 Å². The van der Waals surface area contributed by atoms with Crippen molar-refractivity contribution in [3.05, 3.63) is 0 Å². The fraction of sp³-hybridized carbons (Fsp3) is 0.917. The van der Waals surface area contributed by atoms with E-state index < -0.39 is 0 Å². The van der Waals surface area contributed by atoms with Crippen molar-refractivity contribution < 1.29 is 0 Å². The first kappa shape index (κ1) is 12.2. The van der Waals surface area contributed by atoms with E-state index >= 15 is 0 Å². The molecule has 16 heavy (non-hydrogen) atoms. The molecule has 1 heterocycles. The molecule has 2 nitrogen and oxygen atoms in total. The van der Waals surface area contributed by atoms with Crippen LogP contribution in [0.4, 0.5) is 0 Å². The molecule has 2 aliphatic rings. The van der Waals surface area contributed by atoms with Crippen LogP contribution in [0.25, 0.3) is 0 Å². The van der Waals surface area contributed by atoms with Gasteiger partial charge < -0.3 is 9.80 Å². The van der Waals surface area contributed by atoms with Gasteiger partial charge in [0, 0.05) is 20.1 Å². The maximum absolute atomic E-state index is 6.52. The van der Waals surface area contributed by atoms with Crippen LogP contribution < -0.4 is 0 Å². The van der Waals surface area contributed by atoms with E-state index in [9.17, 15) is 0 Å². The Balaban J connectivity index is 2.30. The first-order valence-corrected chi connectivity index (χ1v) is 6.64. The predicted octanol–water partition coefficient (Wildman–Crippen LogP) is 2.20. The van der Waals surface area contributed by atoms with Gasteiger partial charge in [0.15, 0.2) is 5.11 Å². The molecule has 1 saturated heterocycles. The highest BCUT2D eigenvalue weighted by Crippen LogP contribution is 2.44. The second-order valence-corrected chi connectivity index (χ2v) is 5.99. The highest BCUT2D eigenvalue weighted by molar-refractivity contribution is 7.80. The molecule has 1 aliphatic heterocycles. The standard InChI is InChI=1S/C12H21BN2S/c1-12(13)8-6-4-5-7-9-10(12)15(3)11(16)14(9)2/h9-10H,4-8H2,1-3H3. The Morgan fingerprint density at radius 2 is 1.94 bits per heavy atom. The molecule has 1 aliphatic carbocycles. The third-order valence-electron chi connectivity index (χ3n) is 4.27. The average Bonchev–Trinajstić information content (AvgIpc) is 2.40. The van der Waals surface area contributed by atoms with Crippen LogP contribution in [-0.2, 0) is 0 Å². The maximum Gasteiger partial charge on any atom is 0.171 e. The molecular weight excluding hydrogens is 215 g/mol. The molecule has 3 atom stereocenters. The zero-order valence-electron chi connectivity index (χ0n) is 10.6. The fourth-order valence-electron chi connectivity index (χ4n) is 3.40. The molecule has 0 aromatic heterocycles. The first-order valence-electron chi connectivity index (χ1n) is 6.23. The van der Waals surface area contributed by atoms with Crippen molar-refractivity contribution in [2.45, 2.75) is 56.4 Å². The van der Waals surface area contributed by atoms with Gasteiger partial charge in [-0.3, -0.25) is 0 Å². The molecule has 0 bridgehead atoms. The summed E-state index contributed by atoms with van der Waals surface area (Å²) in [5.74, 6) is 0. The lowest BCUT2D eigenvalue weighted by molar-refractivity contribution is 0.207. The minimum atomic E-state index is -0.116. The number of thiocarbonyl (C=S) groups is 1. The Morgan fingerprint density at radius 3 is 2.62 bits per heavy atom. The second-order valence-electron chi connectivity index (χ2n) is 5.62. The summed E-state index contributed by atoms with van der Waals surface area (Å²) in [6.07, 6.45) is 6.19.